The van der Waals surface area contributed by atoms with Crippen LogP contribution < -0.4 is 10.5 Å². The lowest BCUT2D eigenvalue weighted by atomic mass is 10.1. The van der Waals surface area contributed by atoms with E-state index in [4.69, 9.17) is 0 Å². The van der Waals surface area contributed by atoms with E-state index in [1.807, 2.05) is 26.1 Å². The zero-order chi connectivity index (χ0) is 18.8. The number of nitrogens with zero attached hydrogens (tertiary/aromatic N) is 7. The first-order valence-corrected chi connectivity index (χ1v) is 9.30. The zero-order valence-corrected chi connectivity index (χ0v) is 15.6. The Kier molecular flexibility index (Phi) is 4.70. The normalized spacial score (nSPS) is 15.7. The largest absolute Gasteiger partial charge is 0.371 e. The molecule has 0 N–H and O–H groups in total. The minimum Gasteiger partial charge on any atom is -0.371 e. The van der Waals surface area contributed by atoms with Crippen LogP contribution in [0.25, 0.3) is 11.4 Å². The van der Waals surface area contributed by atoms with Crippen molar-refractivity contribution in [1.29, 1.82) is 0 Å². The summed E-state index contributed by atoms with van der Waals surface area (Å²) < 4.78 is 3.33. The van der Waals surface area contributed by atoms with E-state index >= 15 is 0 Å². The molecule has 0 aliphatic carbocycles. The fourth-order valence-electron chi connectivity index (χ4n) is 3.43. The molecule has 0 saturated carbocycles. The standard InChI is InChI=1S/C19H23N7O/c1-14-11-20-12-17(21-14)18-13-26(23-22-18)15(2)25-9-6-16(10-19(25)27)24-7-4-3-5-8-24/h6,9-13,15H,3-5,7-8H2,1-2H3. The Morgan fingerprint density at radius 3 is 2.67 bits per heavy atom. The van der Waals surface area contributed by atoms with E-state index in [0.717, 1.165) is 24.5 Å². The summed E-state index contributed by atoms with van der Waals surface area (Å²) in [6, 6.07) is 3.72. The third-order valence-electron chi connectivity index (χ3n) is 4.97. The number of pyridine rings is 1. The average molecular weight is 365 g/mol. The molecule has 1 unspecified atom stereocenters. The highest BCUT2D eigenvalue weighted by Gasteiger charge is 2.16. The highest BCUT2D eigenvalue weighted by molar-refractivity contribution is 5.50. The summed E-state index contributed by atoms with van der Waals surface area (Å²) in [5.41, 5.74) is 3.08. The summed E-state index contributed by atoms with van der Waals surface area (Å²) in [6.07, 6.45) is 10.3. The maximum atomic E-state index is 12.7. The molecule has 0 bridgehead atoms. The molecule has 0 radical (unpaired) electrons. The Hall–Kier alpha value is -3.03. The molecule has 140 valence electrons. The van der Waals surface area contributed by atoms with Gasteiger partial charge in [0, 0.05) is 37.2 Å². The van der Waals surface area contributed by atoms with Gasteiger partial charge in [-0.15, -0.1) is 5.10 Å². The maximum absolute atomic E-state index is 12.7. The molecule has 3 aromatic rings. The van der Waals surface area contributed by atoms with Gasteiger partial charge in [0.1, 0.15) is 17.6 Å². The summed E-state index contributed by atoms with van der Waals surface area (Å²) in [5, 5.41) is 8.36. The Labute approximate surface area is 157 Å². The topological polar surface area (TPSA) is 81.7 Å². The fraction of sp³-hybridized carbons (Fsp3) is 0.421. The molecule has 0 amide bonds. The molecule has 1 fully saturated rings. The lowest BCUT2D eigenvalue weighted by molar-refractivity contribution is 0.405. The van der Waals surface area contributed by atoms with Crippen LogP contribution in [-0.4, -0.2) is 42.6 Å². The van der Waals surface area contributed by atoms with Crippen molar-refractivity contribution >= 4 is 5.69 Å². The zero-order valence-electron chi connectivity index (χ0n) is 15.6. The van der Waals surface area contributed by atoms with Gasteiger partial charge >= 0.3 is 0 Å². The van der Waals surface area contributed by atoms with Gasteiger partial charge in [0.25, 0.3) is 5.56 Å². The second kappa shape index (κ2) is 7.30. The molecule has 8 heteroatoms. The van der Waals surface area contributed by atoms with Gasteiger partial charge in [-0.1, -0.05) is 5.21 Å². The van der Waals surface area contributed by atoms with Crippen LogP contribution in [0.5, 0.6) is 0 Å². The summed E-state index contributed by atoms with van der Waals surface area (Å²) in [4.78, 5) is 23.5. The first-order valence-electron chi connectivity index (χ1n) is 9.30. The number of anilines is 1. The highest BCUT2D eigenvalue weighted by Crippen LogP contribution is 2.19. The molecule has 3 aromatic heterocycles. The van der Waals surface area contributed by atoms with Crippen molar-refractivity contribution in [2.45, 2.75) is 39.3 Å². The van der Waals surface area contributed by atoms with Crippen LogP contribution in [0.4, 0.5) is 5.69 Å². The van der Waals surface area contributed by atoms with Crippen molar-refractivity contribution in [3.8, 4) is 11.4 Å². The van der Waals surface area contributed by atoms with E-state index in [9.17, 15) is 4.79 Å². The second-order valence-electron chi connectivity index (χ2n) is 6.94. The van der Waals surface area contributed by atoms with E-state index in [0.29, 0.717) is 11.4 Å². The van der Waals surface area contributed by atoms with Gasteiger partial charge in [-0.2, -0.15) is 0 Å². The van der Waals surface area contributed by atoms with E-state index in [-0.39, 0.29) is 11.7 Å². The molecule has 0 aromatic carbocycles. The Balaban J connectivity index is 1.58. The molecule has 27 heavy (non-hydrogen) atoms. The monoisotopic (exact) mass is 365 g/mol. The van der Waals surface area contributed by atoms with Crippen LogP contribution in [0.3, 0.4) is 0 Å². The predicted molar refractivity (Wildman–Crippen MR) is 103 cm³/mol. The van der Waals surface area contributed by atoms with E-state index in [1.165, 1.54) is 19.3 Å². The smallest absolute Gasteiger partial charge is 0.254 e. The van der Waals surface area contributed by atoms with Gasteiger partial charge < -0.3 is 4.90 Å². The van der Waals surface area contributed by atoms with Crippen LogP contribution in [0.2, 0.25) is 0 Å². The molecule has 4 heterocycles. The molecule has 4 rings (SSSR count). The minimum atomic E-state index is -0.285. The van der Waals surface area contributed by atoms with Gasteiger partial charge in [-0.25, -0.2) is 9.67 Å². The van der Waals surface area contributed by atoms with E-state index in [2.05, 4.69) is 25.2 Å². The number of aromatic nitrogens is 6. The molecule has 1 aliphatic heterocycles. The lowest BCUT2D eigenvalue weighted by Crippen LogP contribution is -2.32. The van der Waals surface area contributed by atoms with Gasteiger partial charge in [0.15, 0.2) is 0 Å². The number of hydrogen-bond acceptors (Lipinski definition) is 6. The van der Waals surface area contributed by atoms with E-state index in [1.54, 1.807) is 33.9 Å². The average Bonchev–Trinajstić information content (AvgIpc) is 3.18. The van der Waals surface area contributed by atoms with Crippen molar-refractivity contribution in [3.05, 3.63) is 53.0 Å². The van der Waals surface area contributed by atoms with Gasteiger partial charge in [-0.05, 0) is 39.2 Å². The molecule has 1 aliphatic rings. The second-order valence-corrected chi connectivity index (χ2v) is 6.94. The van der Waals surface area contributed by atoms with E-state index < -0.39 is 0 Å². The third kappa shape index (κ3) is 3.60. The van der Waals surface area contributed by atoms with Crippen LogP contribution in [-0.2, 0) is 0 Å². The van der Waals surface area contributed by atoms with Crippen molar-refractivity contribution in [2.24, 2.45) is 0 Å². The number of piperidine rings is 1. The quantitative estimate of drug-likeness (QED) is 0.705. The molecular weight excluding hydrogens is 342 g/mol. The predicted octanol–water partition coefficient (Wildman–Crippen LogP) is 2.26. The molecule has 1 atom stereocenters. The van der Waals surface area contributed by atoms with Crippen molar-refractivity contribution in [1.82, 2.24) is 29.5 Å². The molecule has 8 nitrogen and oxygen atoms in total. The molecule has 1 saturated heterocycles. The van der Waals surface area contributed by atoms with Gasteiger partial charge in [-0.3, -0.25) is 14.3 Å². The fourth-order valence-corrected chi connectivity index (χ4v) is 3.43. The Morgan fingerprint density at radius 2 is 1.93 bits per heavy atom. The van der Waals surface area contributed by atoms with Gasteiger partial charge in [0.2, 0.25) is 0 Å². The first-order chi connectivity index (χ1) is 13.1. The van der Waals surface area contributed by atoms with Crippen LogP contribution in [0, 0.1) is 6.92 Å². The molecular formula is C19H23N7O. The lowest BCUT2D eigenvalue weighted by Gasteiger charge is -2.29. The minimum absolute atomic E-state index is 0.0435. The Morgan fingerprint density at radius 1 is 1.11 bits per heavy atom. The number of rotatable bonds is 4. The van der Waals surface area contributed by atoms with Crippen molar-refractivity contribution in [3.63, 3.8) is 0 Å². The van der Waals surface area contributed by atoms with Crippen LogP contribution in [0.1, 0.15) is 38.0 Å². The third-order valence-corrected chi connectivity index (χ3v) is 4.97. The first kappa shape index (κ1) is 17.4. The van der Waals surface area contributed by atoms with Crippen LogP contribution in [0.15, 0.2) is 41.7 Å². The molecule has 0 spiro atoms. The Bertz CT molecular complexity index is 987. The number of hydrogen-bond donors (Lipinski definition) is 0. The van der Waals surface area contributed by atoms with Crippen molar-refractivity contribution in [2.75, 3.05) is 18.0 Å². The summed E-state index contributed by atoms with van der Waals surface area (Å²) in [6.45, 7) is 5.83. The summed E-state index contributed by atoms with van der Waals surface area (Å²) >= 11 is 0. The highest BCUT2D eigenvalue weighted by atomic mass is 16.1. The van der Waals surface area contributed by atoms with Crippen molar-refractivity contribution < 1.29 is 0 Å². The summed E-state index contributed by atoms with van der Waals surface area (Å²) in [7, 11) is 0. The van der Waals surface area contributed by atoms with Crippen LogP contribution >= 0.6 is 0 Å². The number of aryl methyl sites for hydroxylation is 1. The maximum Gasteiger partial charge on any atom is 0.254 e. The summed E-state index contributed by atoms with van der Waals surface area (Å²) in [5.74, 6) is 0. The van der Waals surface area contributed by atoms with Gasteiger partial charge in [0.05, 0.1) is 18.1 Å². The SMILES string of the molecule is Cc1cncc(-c2cn(C(C)n3ccc(N4CCCCC4)cc3=O)nn2)n1.